The number of methoxy groups -OCH3 is 1. The molecule has 0 aliphatic heterocycles. The van der Waals surface area contributed by atoms with Gasteiger partial charge in [0.05, 0.1) is 12.6 Å². The van der Waals surface area contributed by atoms with Crippen molar-refractivity contribution >= 4 is 10.9 Å². The van der Waals surface area contributed by atoms with Gasteiger partial charge in [-0.1, -0.05) is 6.07 Å². The third-order valence-electron chi connectivity index (χ3n) is 2.78. The largest absolute Gasteiger partial charge is 0.479 e. The standard InChI is InChI=1S/C14H10FN3O/c1-19-14-13(17-5-6-18-14)11-8-10(15)7-9-3-2-4-16-12(9)11/h2-8H,1H3. The van der Waals surface area contributed by atoms with Crippen molar-refractivity contribution in [1.29, 1.82) is 0 Å². The maximum Gasteiger partial charge on any atom is 0.240 e. The van der Waals surface area contributed by atoms with Crippen LogP contribution in [0.4, 0.5) is 4.39 Å². The molecule has 0 bridgehead atoms. The fraction of sp³-hybridized carbons (Fsp3) is 0.0714. The second-order valence-electron chi connectivity index (χ2n) is 3.94. The average Bonchev–Trinajstić information content (AvgIpc) is 2.46. The number of hydrogen-bond donors (Lipinski definition) is 0. The first-order valence-electron chi connectivity index (χ1n) is 5.69. The molecular formula is C14H10FN3O. The molecule has 0 amide bonds. The zero-order valence-corrected chi connectivity index (χ0v) is 10.2. The fourth-order valence-corrected chi connectivity index (χ4v) is 2.00. The molecule has 0 saturated heterocycles. The zero-order valence-electron chi connectivity index (χ0n) is 10.2. The molecule has 3 aromatic rings. The van der Waals surface area contributed by atoms with Crippen molar-refractivity contribution in [2.24, 2.45) is 0 Å². The Balaban J connectivity index is 2.36. The summed E-state index contributed by atoms with van der Waals surface area (Å²) in [6.45, 7) is 0. The van der Waals surface area contributed by atoms with Crippen LogP contribution in [0, 0.1) is 5.82 Å². The van der Waals surface area contributed by atoms with Gasteiger partial charge in [0.1, 0.15) is 11.5 Å². The van der Waals surface area contributed by atoms with Crippen molar-refractivity contribution in [3.8, 4) is 17.1 Å². The number of nitrogens with zero attached hydrogens (tertiary/aromatic N) is 3. The summed E-state index contributed by atoms with van der Waals surface area (Å²) in [5.41, 5.74) is 1.72. The van der Waals surface area contributed by atoms with E-state index in [0.717, 1.165) is 0 Å². The lowest BCUT2D eigenvalue weighted by Gasteiger charge is -2.08. The van der Waals surface area contributed by atoms with E-state index in [0.29, 0.717) is 28.0 Å². The Morgan fingerprint density at radius 2 is 1.89 bits per heavy atom. The Labute approximate surface area is 108 Å². The van der Waals surface area contributed by atoms with E-state index >= 15 is 0 Å². The summed E-state index contributed by atoms with van der Waals surface area (Å²) >= 11 is 0. The molecule has 0 spiro atoms. The highest BCUT2D eigenvalue weighted by Gasteiger charge is 2.14. The van der Waals surface area contributed by atoms with Gasteiger partial charge in [0.25, 0.3) is 0 Å². The van der Waals surface area contributed by atoms with Crippen LogP contribution in [0.1, 0.15) is 0 Å². The Morgan fingerprint density at radius 1 is 1.05 bits per heavy atom. The van der Waals surface area contributed by atoms with Crippen molar-refractivity contribution in [3.05, 3.63) is 48.7 Å². The molecule has 0 N–H and O–H groups in total. The van der Waals surface area contributed by atoms with Crippen LogP contribution in [-0.4, -0.2) is 22.1 Å². The highest BCUT2D eigenvalue weighted by atomic mass is 19.1. The van der Waals surface area contributed by atoms with E-state index in [9.17, 15) is 4.39 Å². The summed E-state index contributed by atoms with van der Waals surface area (Å²) in [6.07, 6.45) is 4.72. The minimum Gasteiger partial charge on any atom is -0.479 e. The predicted molar refractivity (Wildman–Crippen MR) is 69.3 cm³/mol. The van der Waals surface area contributed by atoms with Crippen molar-refractivity contribution in [3.63, 3.8) is 0 Å². The quantitative estimate of drug-likeness (QED) is 0.706. The van der Waals surface area contributed by atoms with Crippen LogP contribution in [0.5, 0.6) is 5.88 Å². The Morgan fingerprint density at radius 3 is 2.74 bits per heavy atom. The van der Waals surface area contributed by atoms with Gasteiger partial charge >= 0.3 is 0 Å². The molecule has 0 aliphatic carbocycles. The Hall–Kier alpha value is -2.56. The van der Waals surface area contributed by atoms with E-state index in [1.54, 1.807) is 18.3 Å². The van der Waals surface area contributed by atoms with Crippen LogP contribution in [0.2, 0.25) is 0 Å². The van der Waals surface area contributed by atoms with E-state index in [4.69, 9.17) is 4.74 Å². The molecular weight excluding hydrogens is 245 g/mol. The summed E-state index contributed by atoms with van der Waals surface area (Å²) in [5.74, 6) is 0.00302. The molecule has 1 aromatic carbocycles. The second-order valence-corrected chi connectivity index (χ2v) is 3.94. The molecule has 0 atom stereocenters. The number of aromatic nitrogens is 3. The number of hydrogen-bond acceptors (Lipinski definition) is 4. The van der Waals surface area contributed by atoms with E-state index in [-0.39, 0.29) is 5.82 Å². The van der Waals surface area contributed by atoms with Gasteiger partial charge in [-0.2, -0.15) is 0 Å². The molecule has 5 heteroatoms. The lowest BCUT2D eigenvalue weighted by Crippen LogP contribution is -1.96. The predicted octanol–water partition coefficient (Wildman–Crippen LogP) is 2.84. The molecule has 4 nitrogen and oxygen atoms in total. The molecule has 0 saturated carbocycles. The molecule has 94 valence electrons. The minimum atomic E-state index is -0.344. The Kier molecular flexibility index (Phi) is 2.79. The summed E-state index contributed by atoms with van der Waals surface area (Å²) in [7, 11) is 1.50. The Bertz CT molecular complexity index is 746. The molecule has 19 heavy (non-hydrogen) atoms. The first-order chi connectivity index (χ1) is 9.29. The molecule has 0 aliphatic rings. The molecule has 0 fully saturated rings. The lowest BCUT2D eigenvalue weighted by molar-refractivity contribution is 0.398. The van der Waals surface area contributed by atoms with Gasteiger partial charge in [-0.3, -0.25) is 4.98 Å². The first-order valence-corrected chi connectivity index (χ1v) is 5.69. The number of fused-ring (bicyclic) bond motifs is 1. The van der Waals surface area contributed by atoms with Crippen LogP contribution in [0.25, 0.3) is 22.2 Å². The molecule has 2 aromatic heterocycles. The maximum absolute atomic E-state index is 13.7. The van der Waals surface area contributed by atoms with Gasteiger partial charge in [0.2, 0.25) is 5.88 Å². The molecule has 0 unspecified atom stereocenters. The number of benzene rings is 1. The summed E-state index contributed by atoms with van der Waals surface area (Å²) in [5, 5.41) is 0.713. The third kappa shape index (κ3) is 1.99. The van der Waals surface area contributed by atoms with Crippen LogP contribution < -0.4 is 4.74 Å². The summed E-state index contributed by atoms with van der Waals surface area (Å²) in [4.78, 5) is 12.6. The van der Waals surface area contributed by atoms with Crippen molar-refractivity contribution in [1.82, 2.24) is 15.0 Å². The van der Waals surface area contributed by atoms with E-state index in [2.05, 4.69) is 15.0 Å². The highest BCUT2D eigenvalue weighted by Crippen LogP contribution is 2.31. The molecule has 3 rings (SSSR count). The minimum absolute atomic E-state index is 0.344. The van der Waals surface area contributed by atoms with Crippen molar-refractivity contribution in [2.75, 3.05) is 7.11 Å². The van der Waals surface area contributed by atoms with Gasteiger partial charge in [-0.05, 0) is 18.2 Å². The smallest absolute Gasteiger partial charge is 0.240 e. The summed E-state index contributed by atoms with van der Waals surface area (Å²) < 4.78 is 18.9. The number of pyridine rings is 1. The van der Waals surface area contributed by atoms with Gasteiger partial charge in [0, 0.05) is 29.5 Å². The van der Waals surface area contributed by atoms with Crippen LogP contribution >= 0.6 is 0 Å². The van der Waals surface area contributed by atoms with E-state index < -0.39 is 0 Å². The van der Waals surface area contributed by atoms with Crippen LogP contribution in [0.3, 0.4) is 0 Å². The second kappa shape index (κ2) is 4.61. The highest BCUT2D eigenvalue weighted by molar-refractivity contribution is 5.93. The first kappa shape index (κ1) is 11.5. The van der Waals surface area contributed by atoms with Gasteiger partial charge in [0.15, 0.2) is 0 Å². The van der Waals surface area contributed by atoms with Gasteiger partial charge < -0.3 is 4.74 Å². The lowest BCUT2D eigenvalue weighted by atomic mass is 10.1. The van der Waals surface area contributed by atoms with Crippen molar-refractivity contribution < 1.29 is 9.13 Å². The fourth-order valence-electron chi connectivity index (χ4n) is 2.00. The normalized spacial score (nSPS) is 10.6. The molecule has 0 radical (unpaired) electrons. The molecule has 2 heterocycles. The van der Waals surface area contributed by atoms with Crippen LogP contribution in [0.15, 0.2) is 42.9 Å². The van der Waals surface area contributed by atoms with Gasteiger partial charge in [-0.25, -0.2) is 14.4 Å². The van der Waals surface area contributed by atoms with E-state index in [1.807, 2.05) is 0 Å². The average molecular weight is 255 g/mol. The number of ether oxygens (including phenoxy) is 1. The number of rotatable bonds is 2. The number of halogens is 1. The monoisotopic (exact) mass is 255 g/mol. The van der Waals surface area contributed by atoms with Gasteiger partial charge in [-0.15, -0.1) is 0 Å². The van der Waals surface area contributed by atoms with Crippen LogP contribution in [-0.2, 0) is 0 Å². The summed E-state index contributed by atoms with van der Waals surface area (Å²) in [6, 6.07) is 6.40. The zero-order chi connectivity index (χ0) is 13.2. The topological polar surface area (TPSA) is 47.9 Å². The SMILES string of the molecule is COc1nccnc1-c1cc(F)cc2cccnc12. The van der Waals surface area contributed by atoms with E-state index in [1.165, 1.54) is 31.6 Å². The maximum atomic E-state index is 13.7. The third-order valence-corrected chi connectivity index (χ3v) is 2.78. The van der Waals surface area contributed by atoms with Crippen molar-refractivity contribution in [2.45, 2.75) is 0 Å².